The first-order chi connectivity index (χ1) is 11.1. The van der Waals surface area contributed by atoms with Crippen LogP contribution in [0.5, 0.6) is 0 Å². The van der Waals surface area contributed by atoms with Gasteiger partial charge in [0.2, 0.25) is 0 Å². The molecule has 0 fully saturated rings. The van der Waals surface area contributed by atoms with Gasteiger partial charge in [-0.15, -0.1) is 0 Å². The molecule has 3 N–H and O–H groups in total. The van der Waals surface area contributed by atoms with Crippen LogP contribution in [-0.4, -0.2) is 6.54 Å². The fourth-order valence-corrected chi connectivity index (χ4v) is 3.41. The molecule has 0 bridgehead atoms. The van der Waals surface area contributed by atoms with E-state index < -0.39 is 0 Å². The second-order valence-corrected chi connectivity index (χ2v) is 6.42. The standard InChI is InChI=1S/C21H26N2/c1-4-6-17(13-16-9-10-20(22)15(3)14(16)2)18-7-5-8-21-19(18)11-12-23-21/h5,7-10,13,23H,4,6,11-12,22H2,1-3H3/b17-13+. The van der Waals surface area contributed by atoms with Crippen LogP contribution in [-0.2, 0) is 6.42 Å². The SMILES string of the molecule is CCC/C(=C\c1ccc(N)c(C)c1C)c1cccc2c1CCN2. The molecule has 0 saturated carbocycles. The van der Waals surface area contributed by atoms with Crippen LogP contribution in [0.3, 0.4) is 0 Å². The molecule has 2 aromatic carbocycles. The highest BCUT2D eigenvalue weighted by Gasteiger charge is 2.16. The lowest BCUT2D eigenvalue weighted by molar-refractivity contribution is 0.972. The number of benzene rings is 2. The zero-order valence-electron chi connectivity index (χ0n) is 14.4. The van der Waals surface area contributed by atoms with Gasteiger partial charge in [-0.1, -0.05) is 37.6 Å². The summed E-state index contributed by atoms with van der Waals surface area (Å²) in [6, 6.07) is 10.8. The van der Waals surface area contributed by atoms with Gasteiger partial charge in [-0.2, -0.15) is 0 Å². The number of anilines is 2. The van der Waals surface area contributed by atoms with Crippen LogP contribution < -0.4 is 11.1 Å². The number of nitrogens with two attached hydrogens (primary N) is 1. The van der Waals surface area contributed by atoms with Crippen molar-refractivity contribution >= 4 is 23.0 Å². The van der Waals surface area contributed by atoms with Crippen molar-refractivity contribution < 1.29 is 0 Å². The Kier molecular flexibility index (Phi) is 4.42. The highest BCUT2D eigenvalue weighted by atomic mass is 14.9. The molecule has 2 aromatic rings. The van der Waals surface area contributed by atoms with E-state index in [1.807, 2.05) is 6.07 Å². The van der Waals surface area contributed by atoms with E-state index in [1.54, 1.807) is 0 Å². The van der Waals surface area contributed by atoms with Crippen molar-refractivity contribution in [1.29, 1.82) is 0 Å². The second kappa shape index (κ2) is 6.49. The third kappa shape index (κ3) is 2.98. The molecule has 0 amide bonds. The fourth-order valence-electron chi connectivity index (χ4n) is 3.41. The predicted molar refractivity (Wildman–Crippen MR) is 102 cm³/mol. The molecule has 1 aliphatic heterocycles. The van der Waals surface area contributed by atoms with Gasteiger partial charge in [0.05, 0.1) is 0 Å². The van der Waals surface area contributed by atoms with E-state index in [0.717, 1.165) is 31.5 Å². The first-order valence-corrected chi connectivity index (χ1v) is 8.54. The smallest absolute Gasteiger partial charge is 0.0379 e. The lowest BCUT2D eigenvalue weighted by atomic mass is 9.91. The minimum absolute atomic E-state index is 0.876. The molecule has 2 nitrogen and oxygen atoms in total. The van der Waals surface area contributed by atoms with Gasteiger partial charge in [-0.05, 0) is 72.2 Å². The van der Waals surface area contributed by atoms with Crippen LogP contribution in [0.1, 0.15) is 47.6 Å². The summed E-state index contributed by atoms with van der Waals surface area (Å²) >= 11 is 0. The van der Waals surface area contributed by atoms with Gasteiger partial charge in [-0.3, -0.25) is 0 Å². The average Bonchev–Trinajstić information content (AvgIpc) is 3.03. The van der Waals surface area contributed by atoms with E-state index in [4.69, 9.17) is 5.73 Å². The van der Waals surface area contributed by atoms with Crippen molar-refractivity contribution in [2.24, 2.45) is 0 Å². The quantitative estimate of drug-likeness (QED) is 0.602. The summed E-state index contributed by atoms with van der Waals surface area (Å²) in [5.41, 5.74) is 16.3. The third-order valence-corrected chi connectivity index (χ3v) is 4.93. The number of nitrogens with one attached hydrogen (secondary N) is 1. The van der Waals surface area contributed by atoms with E-state index in [-0.39, 0.29) is 0 Å². The Balaban J connectivity index is 2.10. The Morgan fingerprint density at radius 1 is 1.17 bits per heavy atom. The predicted octanol–water partition coefficient (Wildman–Crippen LogP) is 5.19. The minimum Gasteiger partial charge on any atom is -0.399 e. The summed E-state index contributed by atoms with van der Waals surface area (Å²) in [4.78, 5) is 0. The molecule has 0 saturated heterocycles. The number of hydrogen-bond acceptors (Lipinski definition) is 2. The molecule has 0 radical (unpaired) electrons. The Bertz CT molecular complexity index is 757. The van der Waals surface area contributed by atoms with E-state index >= 15 is 0 Å². The molecule has 0 atom stereocenters. The van der Waals surface area contributed by atoms with Gasteiger partial charge >= 0.3 is 0 Å². The Hall–Kier alpha value is -2.22. The van der Waals surface area contributed by atoms with Gasteiger partial charge in [0.25, 0.3) is 0 Å². The molecular formula is C21H26N2. The highest BCUT2D eigenvalue weighted by molar-refractivity contribution is 5.86. The van der Waals surface area contributed by atoms with Gasteiger partial charge in [-0.25, -0.2) is 0 Å². The van der Waals surface area contributed by atoms with Crippen molar-refractivity contribution in [3.05, 3.63) is 58.1 Å². The molecule has 1 aliphatic rings. The summed E-state index contributed by atoms with van der Waals surface area (Å²) in [7, 11) is 0. The topological polar surface area (TPSA) is 38.0 Å². The van der Waals surface area contributed by atoms with E-state index in [9.17, 15) is 0 Å². The molecule has 0 aromatic heterocycles. The molecule has 2 heteroatoms. The molecule has 120 valence electrons. The van der Waals surface area contributed by atoms with Crippen LogP contribution in [0.15, 0.2) is 30.3 Å². The molecule has 0 spiro atoms. The molecule has 23 heavy (non-hydrogen) atoms. The lowest BCUT2D eigenvalue weighted by Crippen LogP contribution is -1.96. The van der Waals surface area contributed by atoms with Gasteiger partial charge in [0, 0.05) is 17.9 Å². The average molecular weight is 306 g/mol. The molecule has 0 aliphatic carbocycles. The fraction of sp³-hybridized carbons (Fsp3) is 0.333. The Labute approximate surface area is 139 Å². The maximum absolute atomic E-state index is 6.03. The normalized spacial score (nSPS) is 13.8. The maximum atomic E-state index is 6.03. The minimum atomic E-state index is 0.876. The monoisotopic (exact) mass is 306 g/mol. The van der Waals surface area contributed by atoms with Gasteiger partial charge in [0.1, 0.15) is 0 Å². The van der Waals surface area contributed by atoms with Crippen molar-refractivity contribution in [2.45, 2.75) is 40.0 Å². The summed E-state index contributed by atoms with van der Waals surface area (Å²) in [6.07, 6.45) is 5.72. The third-order valence-electron chi connectivity index (χ3n) is 4.93. The second-order valence-electron chi connectivity index (χ2n) is 6.42. The zero-order valence-corrected chi connectivity index (χ0v) is 14.4. The summed E-state index contributed by atoms with van der Waals surface area (Å²) in [6.45, 7) is 7.56. The molecule has 0 unspecified atom stereocenters. The summed E-state index contributed by atoms with van der Waals surface area (Å²) < 4.78 is 0. The zero-order chi connectivity index (χ0) is 16.4. The molecular weight excluding hydrogens is 280 g/mol. The van der Waals surface area contributed by atoms with Crippen LogP contribution in [0.2, 0.25) is 0 Å². The van der Waals surface area contributed by atoms with Crippen molar-refractivity contribution in [1.82, 2.24) is 0 Å². The first kappa shape index (κ1) is 15.7. The van der Waals surface area contributed by atoms with Gasteiger partial charge in [0.15, 0.2) is 0 Å². The summed E-state index contributed by atoms with van der Waals surface area (Å²) in [5, 5.41) is 3.49. The van der Waals surface area contributed by atoms with E-state index in [0.29, 0.717) is 0 Å². The first-order valence-electron chi connectivity index (χ1n) is 8.54. The van der Waals surface area contributed by atoms with Crippen LogP contribution in [0.25, 0.3) is 11.6 Å². The van der Waals surface area contributed by atoms with Crippen LogP contribution in [0.4, 0.5) is 11.4 Å². The Morgan fingerprint density at radius 3 is 2.78 bits per heavy atom. The number of rotatable bonds is 4. The van der Waals surface area contributed by atoms with Crippen molar-refractivity contribution in [3.8, 4) is 0 Å². The van der Waals surface area contributed by atoms with E-state index in [2.05, 4.69) is 56.4 Å². The summed E-state index contributed by atoms with van der Waals surface area (Å²) in [5.74, 6) is 0. The number of fused-ring (bicyclic) bond motifs is 1. The largest absolute Gasteiger partial charge is 0.399 e. The number of allylic oxidation sites excluding steroid dienone is 1. The van der Waals surface area contributed by atoms with Crippen molar-refractivity contribution in [2.75, 3.05) is 17.6 Å². The number of hydrogen-bond donors (Lipinski definition) is 2. The Morgan fingerprint density at radius 2 is 2.00 bits per heavy atom. The van der Waals surface area contributed by atoms with Crippen LogP contribution >= 0.6 is 0 Å². The highest BCUT2D eigenvalue weighted by Crippen LogP contribution is 2.34. The molecule has 3 rings (SSSR count). The maximum Gasteiger partial charge on any atom is 0.0379 e. The lowest BCUT2D eigenvalue weighted by Gasteiger charge is -2.14. The van der Waals surface area contributed by atoms with Gasteiger partial charge < -0.3 is 11.1 Å². The van der Waals surface area contributed by atoms with Crippen molar-refractivity contribution in [3.63, 3.8) is 0 Å². The molecule has 1 heterocycles. The number of nitrogen functional groups attached to an aromatic ring is 1. The van der Waals surface area contributed by atoms with Crippen LogP contribution in [0, 0.1) is 13.8 Å². The van der Waals surface area contributed by atoms with E-state index in [1.165, 1.54) is 39.1 Å².